The van der Waals surface area contributed by atoms with Crippen molar-refractivity contribution in [2.24, 2.45) is 0 Å². The van der Waals surface area contributed by atoms with Gasteiger partial charge in [-0.2, -0.15) is 0 Å². The number of H-pyrrole nitrogens is 1. The number of hydrogen-bond acceptors (Lipinski definition) is 1. The summed E-state index contributed by atoms with van der Waals surface area (Å²) in [5.74, 6) is 0. The maximum Gasteiger partial charge on any atom is 0.0453 e. The molecule has 1 heterocycles. The second-order valence-corrected chi connectivity index (χ2v) is 4.23. The van der Waals surface area contributed by atoms with Crippen LogP contribution in [0.25, 0.3) is 0 Å². The van der Waals surface area contributed by atoms with Gasteiger partial charge in [0.25, 0.3) is 0 Å². The number of aromatic nitrogens is 1. The van der Waals surface area contributed by atoms with E-state index in [1.54, 1.807) is 0 Å². The molecule has 84 valence electrons. The van der Waals surface area contributed by atoms with Crippen LogP contribution in [-0.4, -0.2) is 4.98 Å². The molecule has 1 atom stereocenters. The summed E-state index contributed by atoms with van der Waals surface area (Å²) >= 11 is 6.13. The first-order valence-electron chi connectivity index (χ1n) is 5.37. The molecule has 0 fully saturated rings. The van der Waals surface area contributed by atoms with Gasteiger partial charge in [0.2, 0.25) is 0 Å². The van der Waals surface area contributed by atoms with Crippen molar-refractivity contribution in [1.29, 1.82) is 0 Å². The third-order valence-corrected chi connectivity index (χ3v) is 2.98. The minimum Gasteiger partial charge on any atom is -0.364 e. The van der Waals surface area contributed by atoms with E-state index in [0.29, 0.717) is 0 Å². The molecule has 0 radical (unpaired) electrons. The van der Waals surface area contributed by atoms with Crippen LogP contribution in [-0.2, 0) is 6.54 Å². The molecule has 0 saturated carbocycles. The van der Waals surface area contributed by atoms with Crippen molar-refractivity contribution < 1.29 is 0 Å². The van der Waals surface area contributed by atoms with Gasteiger partial charge in [-0.1, -0.05) is 29.8 Å². The van der Waals surface area contributed by atoms with Gasteiger partial charge in [0.15, 0.2) is 0 Å². The number of hydrogen-bond donors (Lipinski definition) is 2. The van der Waals surface area contributed by atoms with E-state index in [0.717, 1.165) is 17.1 Å². The van der Waals surface area contributed by atoms with Crippen molar-refractivity contribution in [3.05, 3.63) is 58.9 Å². The van der Waals surface area contributed by atoms with Crippen LogP contribution in [0.1, 0.15) is 24.2 Å². The molecule has 0 aliphatic heterocycles. The van der Waals surface area contributed by atoms with Crippen LogP contribution in [0.3, 0.4) is 0 Å². The van der Waals surface area contributed by atoms with Crippen LogP contribution in [0.15, 0.2) is 42.6 Å². The Hall–Kier alpha value is -1.25. The van der Waals surface area contributed by atoms with Gasteiger partial charge in [-0.3, -0.25) is 0 Å². The van der Waals surface area contributed by atoms with Gasteiger partial charge in [-0.25, -0.2) is 0 Å². The molecular formula is C13H15ClN2. The van der Waals surface area contributed by atoms with Crippen molar-refractivity contribution in [3.8, 4) is 0 Å². The van der Waals surface area contributed by atoms with Crippen molar-refractivity contribution in [2.45, 2.75) is 19.5 Å². The predicted molar refractivity (Wildman–Crippen MR) is 67.5 cm³/mol. The Kier molecular flexibility index (Phi) is 3.65. The Morgan fingerprint density at radius 1 is 1.25 bits per heavy atom. The van der Waals surface area contributed by atoms with Crippen molar-refractivity contribution in [2.75, 3.05) is 0 Å². The number of halogens is 1. The van der Waals surface area contributed by atoms with Crippen LogP contribution < -0.4 is 5.32 Å². The van der Waals surface area contributed by atoms with E-state index in [9.17, 15) is 0 Å². The van der Waals surface area contributed by atoms with E-state index in [4.69, 9.17) is 11.6 Å². The monoisotopic (exact) mass is 234 g/mol. The molecule has 2 N–H and O–H groups in total. The predicted octanol–water partition coefficient (Wildman–Crippen LogP) is 3.52. The highest BCUT2D eigenvalue weighted by atomic mass is 35.5. The minimum atomic E-state index is 0.247. The lowest BCUT2D eigenvalue weighted by Crippen LogP contribution is -2.18. The summed E-state index contributed by atoms with van der Waals surface area (Å²) in [7, 11) is 0. The third kappa shape index (κ3) is 2.65. The zero-order valence-corrected chi connectivity index (χ0v) is 9.96. The maximum absolute atomic E-state index is 6.13. The Morgan fingerprint density at radius 3 is 2.75 bits per heavy atom. The largest absolute Gasteiger partial charge is 0.364 e. The quantitative estimate of drug-likeness (QED) is 0.833. The van der Waals surface area contributed by atoms with E-state index in [1.807, 2.05) is 30.5 Å². The fraction of sp³-hybridized carbons (Fsp3) is 0.231. The summed E-state index contributed by atoms with van der Waals surface area (Å²) in [6.07, 6.45) is 1.93. The van der Waals surface area contributed by atoms with Gasteiger partial charge < -0.3 is 10.3 Å². The Bertz CT molecular complexity index is 437. The Labute approximate surface area is 101 Å². The van der Waals surface area contributed by atoms with Gasteiger partial charge in [0.1, 0.15) is 0 Å². The molecular weight excluding hydrogens is 220 g/mol. The van der Waals surface area contributed by atoms with Crippen LogP contribution >= 0.6 is 11.6 Å². The topological polar surface area (TPSA) is 27.8 Å². The first kappa shape index (κ1) is 11.2. The maximum atomic E-state index is 6.13. The van der Waals surface area contributed by atoms with Gasteiger partial charge in [-0.05, 0) is 30.7 Å². The average molecular weight is 235 g/mol. The number of rotatable bonds is 4. The number of nitrogens with one attached hydrogen (secondary N) is 2. The molecule has 0 saturated heterocycles. The van der Waals surface area contributed by atoms with Gasteiger partial charge in [0.05, 0.1) is 0 Å². The van der Waals surface area contributed by atoms with E-state index in [1.165, 1.54) is 5.69 Å². The van der Waals surface area contributed by atoms with Gasteiger partial charge in [-0.15, -0.1) is 0 Å². The van der Waals surface area contributed by atoms with Gasteiger partial charge in [0, 0.05) is 29.5 Å². The standard InChI is InChI=1S/C13H15ClN2/c1-10(12-6-2-3-7-13(12)14)16-9-11-5-4-8-15-11/h2-8,10,15-16H,9H2,1H3/t10-/m1/s1. The molecule has 3 heteroatoms. The van der Waals surface area contributed by atoms with Crippen LogP contribution in [0, 0.1) is 0 Å². The first-order chi connectivity index (χ1) is 7.77. The Morgan fingerprint density at radius 2 is 2.06 bits per heavy atom. The first-order valence-corrected chi connectivity index (χ1v) is 5.75. The third-order valence-electron chi connectivity index (χ3n) is 2.63. The lowest BCUT2D eigenvalue weighted by molar-refractivity contribution is 0.569. The highest BCUT2D eigenvalue weighted by molar-refractivity contribution is 6.31. The smallest absolute Gasteiger partial charge is 0.0453 e. The second-order valence-electron chi connectivity index (χ2n) is 3.82. The summed E-state index contributed by atoms with van der Waals surface area (Å²) in [4.78, 5) is 3.16. The molecule has 0 unspecified atom stereocenters. The summed E-state index contributed by atoms with van der Waals surface area (Å²) < 4.78 is 0. The lowest BCUT2D eigenvalue weighted by Gasteiger charge is -2.15. The van der Waals surface area contributed by atoms with Crippen molar-refractivity contribution in [1.82, 2.24) is 10.3 Å². The summed E-state index contributed by atoms with van der Waals surface area (Å²) in [6.45, 7) is 2.93. The van der Waals surface area contributed by atoms with Crippen LogP contribution in [0.5, 0.6) is 0 Å². The fourth-order valence-electron chi connectivity index (χ4n) is 1.68. The summed E-state index contributed by atoms with van der Waals surface area (Å²) in [6, 6.07) is 12.2. The molecule has 2 aromatic rings. The minimum absolute atomic E-state index is 0.247. The number of aromatic amines is 1. The van der Waals surface area contributed by atoms with Crippen molar-refractivity contribution >= 4 is 11.6 Å². The molecule has 1 aromatic carbocycles. The number of benzene rings is 1. The Balaban J connectivity index is 1.98. The molecule has 0 spiro atoms. The molecule has 0 aliphatic carbocycles. The molecule has 16 heavy (non-hydrogen) atoms. The lowest BCUT2D eigenvalue weighted by atomic mass is 10.1. The van der Waals surface area contributed by atoms with E-state index in [2.05, 4.69) is 29.4 Å². The van der Waals surface area contributed by atoms with E-state index in [-0.39, 0.29) is 6.04 Å². The fourth-order valence-corrected chi connectivity index (χ4v) is 1.98. The zero-order valence-electron chi connectivity index (χ0n) is 9.20. The van der Waals surface area contributed by atoms with Crippen molar-refractivity contribution in [3.63, 3.8) is 0 Å². The normalized spacial score (nSPS) is 12.6. The average Bonchev–Trinajstić information content (AvgIpc) is 2.79. The molecule has 0 aliphatic rings. The summed E-state index contributed by atoms with van der Waals surface area (Å²) in [5.41, 5.74) is 2.31. The van der Waals surface area contributed by atoms with Crippen LogP contribution in [0.4, 0.5) is 0 Å². The van der Waals surface area contributed by atoms with Crippen LogP contribution in [0.2, 0.25) is 5.02 Å². The SMILES string of the molecule is C[C@@H](NCc1ccc[nH]1)c1ccccc1Cl. The highest BCUT2D eigenvalue weighted by Gasteiger charge is 2.07. The molecule has 1 aromatic heterocycles. The molecule has 2 nitrogen and oxygen atoms in total. The van der Waals surface area contributed by atoms with Gasteiger partial charge >= 0.3 is 0 Å². The molecule has 0 amide bonds. The van der Waals surface area contributed by atoms with E-state index < -0.39 is 0 Å². The molecule has 0 bridgehead atoms. The van der Waals surface area contributed by atoms with E-state index >= 15 is 0 Å². The molecule has 2 rings (SSSR count). The zero-order chi connectivity index (χ0) is 11.4. The highest BCUT2D eigenvalue weighted by Crippen LogP contribution is 2.22. The summed E-state index contributed by atoms with van der Waals surface area (Å²) in [5, 5.41) is 4.24. The second kappa shape index (κ2) is 5.19.